The molecule has 0 fully saturated rings. The second-order valence-electron chi connectivity index (χ2n) is 4.94. The summed E-state index contributed by atoms with van der Waals surface area (Å²) in [4.78, 5) is 0. The molecule has 0 bridgehead atoms. The van der Waals surface area contributed by atoms with Crippen molar-refractivity contribution in [2.45, 2.75) is 33.1 Å². The lowest BCUT2D eigenvalue weighted by Gasteiger charge is -2.20. The Labute approximate surface area is 100 Å². The maximum Gasteiger partial charge on any atom is -0.00211 e. The summed E-state index contributed by atoms with van der Waals surface area (Å²) >= 11 is 0. The summed E-state index contributed by atoms with van der Waals surface area (Å²) in [6.45, 7) is 5.79. The summed E-state index contributed by atoms with van der Waals surface area (Å²) in [5.41, 5.74) is 1.47. The molecular weight excluding hydrogens is 194 g/mol. The third-order valence-electron chi connectivity index (χ3n) is 3.29. The fourth-order valence-electron chi connectivity index (χ4n) is 2.15. The minimum atomic E-state index is 0.781. The molecule has 1 unspecified atom stereocenters. The first-order valence-corrected chi connectivity index (χ1v) is 6.42. The van der Waals surface area contributed by atoms with Crippen molar-refractivity contribution in [2.75, 3.05) is 13.6 Å². The summed E-state index contributed by atoms with van der Waals surface area (Å²) in [6, 6.07) is 10.8. The summed E-state index contributed by atoms with van der Waals surface area (Å²) in [5.74, 6) is 1.59. The lowest BCUT2D eigenvalue weighted by atomic mass is 9.90. The Balaban J connectivity index is 2.28. The molecule has 0 spiro atoms. The van der Waals surface area contributed by atoms with Gasteiger partial charge in [-0.05, 0) is 50.3 Å². The molecule has 0 heterocycles. The van der Waals surface area contributed by atoms with Crippen LogP contribution in [0.3, 0.4) is 0 Å². The van der Waals surface area contributed by atoms with Crippen LogP contribution in [-0.4, -0.2) is 13.6 Å². The Bertz CT molecular complexity index is 266. The molecule has 90 valence electrons. The van der Waals surface area contributed by atoms with E-state index in [0.29, 0.717) is 0 Å². The van der Waals surface area contributed by atoms with Crippen LogP contribution in [0.2, 0.25) is 0 Å². The van der Waals surface area contributed by atoms with Gasteiger partial charge in [0.1, 0.15) is 0 Å². The Morgan fingerprint density at radius 1 is 1.12 bits per heavy atom. The molecule has 0 amide bonds. The highest BCUT2D eigenvalue weighted by Gasteiger charge is 2.11. The van der Waals surface area contributed by atoms with E-state index in [9.17, 15) is 0 Å². The van der Waals surface area contributed by atoms with Gasteiger partial charge in [-0.15, -0.1) is 0 Å². The number of aryl methyl sites for hydroxylation is 1. The molecule has 0 aliphatic carbocycles. The van der Waals surface area contributed by atoms with Crippen molar-refractivity contribution in [3.05, 3.63) is 35.9 Å². The standard InChI is InChI=1S/C15H25N/c1-13(2)15(12-16-3)11-7-10-14-8-5-4-6-9-14/h4-6,8-9,13,15-16H,7,10-12H2,1-3H3. The van der Waals surface area contributed by atoms with Gasteiger partial charge in [0.15, 0.2) is 0 Å². The average molecular weight is 219 g/mol. The van der Waals surface area contributed by atoms with E-state index in [4.69, 9.17) is 0 Å². The highest BCUT2D eigenvalue weighted by molar-refractivity contribution is 5.14. The average Bonchev–Trinajstić information content (AvgIpc) is 2.29. The van der Waals surface area contributed by atoms with E-state index in [-0.39, 0.29) is 0 Å². The second-order valence-corrected chi connectivity index (χ2v) is 4.94. The zero-order chi connectivity index (χ0) is 11.8. The quantitative estimate of drug-likeness (QED) is 0.740. The molecule has 16 heavy (non-hydrogen) atoms. The molecule has 0 radical (unpaired) electrons. The van der Waals surface area contributed by atoms with Crippen molar-refractivity contribution in [1.29, 1.82) is 0 Å². The first-order chi connectivity index (χ1) is 7.74. The van der Waals surface area contributed by atoms with Crippen LogP contribution in [0.25, 0.3) is 0 Å². The van der Waals surface area contributed by atoms with E-state index in [0.717, 1.165) is 18.4 Å². The Hall–Kier alpha value is -0.820. The van der Waals surface area contributed by atoms with Gasteiger partial charge in [-0.1, -0.05) is 44.2 Å². The van der Waals surface area contributed by atoms with Crippen molar-refractivity contribution in [1.82, 2.24) is 5.32 Å². The highest BCUT2D eigenvalue weighted by Crippen LogP contribution is 2.17. The van der Waals surface area contributed by atoms with Crippen molar-refractivity contribution < 1.29 is 0 Å². The first kappa shape index (κ1) is 13.2. The van der Waals surface area contributed by atoms with Crippen molar-refractivity contribution in [2.24, 2.45) is 11.8 Å². The predicted molar refractivity (Wildman–Crippen MR) is 71.6 cm³/mol. The molecule has 0 saturated heterocycles. The van der Waals surface area contributed by atoms with Gasteiger partial charge in [-0.25, -0.2) is 0 Å². The molecule has 1 nitrogen and oxygen atoms in total. The zero-order valence-electron chi connectivity index (χ0n) is 10.9. The minimum Gasteiger partial charge on any atom is -0.319 e. The van der Waals surface area contributed by atoms with E-state index in [1.165, 1.54) is 24.8 Å². The third-order valence-corrected chi connectivity index (χ3v) is 3.29. The van der Waals surface area contributed by atoms with Crippen LogP contribution >= 0.6 is 0 Å². The fraction of sp³-hybridized carbons (Fsp3) is 0.600. The van der Waals surface area contributed by atoms with E-state index in [2.05, 4.69) is 49.5 Å². The van der Waals surface area contributed by atoms with E-state index < -0.39 is 0 Å². The largest absolute Gasteiger partial charge is 0.319 e. The molecule has 0 aromatic heterocycles. The summed E-state index contributed by atoms with van der Waals surface area (Å²) in [5, 5.41) is 3.30. The van der Waals surface area contributed by atoms with E-state index in [1.54, 1.807) is 0 Å². The Kier molecular flexibility index (Phi) is 6.17. The molecule has 0 aliphatic heterocycles. The highest BCUT2D eigenvalue weighted by atomic mass is 14.8. The molecule has 1 aromatic carbocycles. The van der Waals surface area contributed by atoms with Crippen molar-refractivity contribution >= 4 is 0 Å². The molecule has 1 rings (SSSR count). The Morgan fingerprint density at radius 3 is 2.38 bits per heavy atom. The zero-order valence-corrected chi connectivity index (χ0v) is 10.9. The number of hydrogen-bond acceptors (Lipinski definition) is 1. The summed E-state index contributed by atoms with van der Waals surface area (Å²) < 4.78 is 0. The van der Waals surface area contributed by atoms with Gasteiger partial charge in [-0.3, -0.25) is 0 Å². The fourth-order valence-corrected chi connectivity index (χ4v) is 2.15. The number of hydrogen-bond donors (Lipinski definition) is 1. The molecule has 1 N–H and O–H groups in total. The molecule has 0 saturated carbocycles. The second kappa shape index (κ2) is 7.45. The van der Waals surface area contributed by atoms with Gasteiger partial charge in [0, 0.05) is 0 Å². The van der Waals surface area contributed by atoms with Crippen LogP contribution in [0.5, 0.6) is 0 Å². The summed E-state index contributed by atoms with van der Waals surface area (Å²) in [7, 11) is 2.05. The first-order valence-electron chi connectivity index (χ1n) is 6.42. The van der Waals surface area contributed by atoms with E-state index >= 15 is 0 Å². The molecular formula is C15H25N. The topological polar surface area (TPSA) is 12.0 Å². The number of rotatable bonds is 7. The summed E-state index contributed by atoms with van der Waals surface area (Å²) in [6.07, 6.45) is 3.84. The van der Waals surface area contributed by atoms with Crippen LogP contribution in [0.1, 0.15) is 32.3 Å². The van der Waals surface area contributed by atoms with E-state index in [1.807, 2.05) is 7.05 Å². The predicted octanol–water partition coefficient (Wildman–Crippen LogP) is 3.50. The normalized spacial score (nSPS) is 13.0. The van der Waals surface area contributed by atoms with Gasteiger partial charge in [-0.2, -0.15) is 0 Å². The third kappa shape index (κ3) is 4.80. The molecule has 1 aromatic rings. The van der Waals surface area contributed by atoms with Crippen LogP contribution in [0.15, 0.2) is 30.3 Å². The van der Waals surface area contributed by atoms with Gasteiger partial charge in [0.05, 0.1) is 0 Å². The SMILES string of the molecule is CNCC(CCCc1ccccc1)C(C)C. The van der Waals surface area contributed by atoms with Crippen LogP contribution in [0.4, 0.5) is 0 Å². The number of benzene rings is 1. The number of nitrogens with one attached hydrogen (secondary N) is 1. The van der Waals surface area contributed by atoms with Crippen molar-refractivity contribution in [3.63, 3.8) is 0 Å². The smallest absolute Gasteiger partial charge is 0.00211 e. The minimum absolute atomic E-state index is 0.781. The monoisotopic (exact) mass is 219 g/mol. The van der Waals surface area contributed by atoms with Crippen LogP contribution in [0, 0.1) is 11.8 Å². The lowest BCUT2D eigenvalue weighted by molar-refractivity contribution is 0.342. The van der Waals surface area contributed by atoms with Gasteiger partial charge in [0.2, 0.25) is 0 Å². The van der Waals surface area contributed by atoms with Gasteiger partial charge >= 0.3 is 0 Å². The maximum absolute atomic E-state index is 3.30. The van der Waals surface area contributed by atoms with Crippen molar-refractivity contribution in [3.8, 4) is 0 Å². The van der Waals surface area contributed by atoms with Crippen LogP contribution < -0.4 is 5.32 Å². The van der Waals surface area contributed by atoms with Gasteiger partial charge in [0.25, 0.3) is 0 Å². The Morgan fingerprint density at radius 2 is 1.81 bits per heavy atom. The lowest BCUT2D eigenvalue weighted by Crippen LogP contribution is -2.23. The van der Waals surface area contributed by atoms with Gasteiger partial charge < -0.3 is 5.32 Å². The molecule has 1 atom stereocenters. The van der Waals surface area contributed by atoms with Crippen LogP contribution in [-0.2, 0) is 6.42 Å². The molecule has 0 aliphatic rings. The maximum atomic E-state index is 3.30. The molecule has 1 heteroatoms.